The number of hydrogen-bond donors (Lipinski definition) is 2. The Morgan fingerprint density at radius 2 is 1.85 bits per heavy atom. The van der Waals surface area contributed by atoms with Crippen LogP contribution in [-0.2, 0) is 10.0 Å². The molecule has 27 heavy (non-hydrogen) atoms. The summed E-state index contributed by atoms with van der Waals surface area (Å²) in [6.07, 6.45) is 2.02. The highest BCUT2D eigenvalue weighted by molar-refractivity contribution is 7.92. The van der Waals surface area contributed by atoms with E-state index in [9.17, 15) is 18.3 Å². The molecule has 0 atom stereocenters. The fraction of sp³-hybridized carbons (Fsp3) is 0.350. The Bertz CT molecular complexity index is 939. The average molecular weight is 391 g/mol. The van der Waals surface area contributed by atoms with Gasteiger partial charge in [-0.15, -0.1) is 0 Å². The maximum atomic E-state index is 12.8. The zero-order valence-corrected chi connectivity index (χ0v) is 16.9. The third-order valence-corrected chi connectivity index (χ3v) is 5.91. The fourth-order valence-electron chi connectivity index (χ4n) is 2.86. The quantitative estimate of drug-likeness (QED) is 0.710. The van der Waals surface area contributed by atoms with Gasteiger partial charge in [-0.1, -0.05) is 31.0 Å². The van der Waals surface area contributed by atoms with Crippen LogP contribution in [0.15, 0.2) is 41.3 Å². The van der Waals surface area contributed by atoms with Crippen LogP contribution in [0.4, 0.5) is 11.4 Å². The number of aromatic carboxylic acids is 1. The Kier molecular flexibility index (Phi) is 6.49. The maximum absolute atomic E-state index is 12.8. The van der Waals surface area contributed by atoms with E-state index in [1.807, 2.05) is 18.9 Å². The van der Waals surface area contributed by atoms with E-state index in [1.165, 1.54) is 18.2 Å². The van der Waals surface area contributed by atoms with Gasteiger partial charge in [-0.05, 0) is 50.1 Å². The number of carboxylic acid groups (broad SMARTS) is 1. The first-order chi connectivity index (χ1) is 12.7. The molecule has 7 heteroatoms. The Balaban J connectivity index is 2.38. The van der Waals surface area contributed by atoms with Crippen molar-refractivity contribution in [3.63, 3.8) is 0 Å². The lowest BCUT2D eigenvalue weighted by Crippen LogP contribution is -2.20. The van der Waals surface area contributed by atoms with E-state index >= 15 is 0 Å². The van der Waals surface area contributed by atoms with Crippen molar-refractivity contribution in [1.82, 2.24) is 0 Å². The van der Waals surface area contributed by atoms with Gasteiger partial charge in [0, 0.05) is 19.3 Å². The molecule has 0 saturated carbocycles. The van der Waals surface area contributed by atoms with Crippen LogP contribution in [0.3, 0.4) is 0 Å². The minimum Gasteiger partial charge on any atom is -0.478 e. The standard InChI is InChI=1S/C20H26N2O4S/c1-5-6-11-22(4)16-8-9-18(17(13-16)20(23)24)21-27(25,26)19-10-7-14(2)12-15(19)3/h7-10,12-13,21H,5-6,11H2,1-4H3,(H,23,24). The molecule has 2 rings (SSSR count). The van der Waals surface area contributed by atoms with E-state index in [4.69, 9.17) is 0 Å². The van der Waals surface area contributed by atoms with Gasteiger partial charge in [0.05, 0.1) is 16.1 Å². The molecule has 0 saturated heterocycles. The molecule has 0 fully saturated rings. The van der Waals surface area contributed by atoms with Crippen LogP contribution in [0.25, 0.3) is 0 Å². The molecule has 0 heterocycles. The minimum absolute atomic E-state index is 0.0510. The number of carbonyl (C=O) groups is 1. The third kappa shape index (κ3) is 5.01. The largest absolute Gasteiger partial charge is 0.478 e. The molecule has 2 N–H and O–H groups in total. The predicted octanol–water partition coefficient (Wildman–Crippen LogP) is 4.04. The summed E-state index contributed by atoms with van der Waals surface area (Å²) in [5.41, 5.74) is 2.27. The minimum atomic E-state index is -3.89. The fourth-order valence-corrected chi connectivity index (χ4v) is 4.17. The lowest BCUT2D eigenvalue weighted by molar-refractivity contribution is 0.0698. The Morgan fingerprint density at radius 1 is 1.15 bits per heavy atom. The van der Waals surface area contributed by atoms with E-state index in [-0.39, 0.29) is 16.1 Å². The number of benzene rings is 2. The third-order valence-electron chi connectivity index (χ3n) is 4.39. The monoisotopic (exact) mass is 390 g/mol. The Labute approximate surface area is 160 Å². The zero-order chi connectivity index (χ0) is 20.2. The summed E-state index contributed by atoms with van der Waals surface area (Å²) in [6, 6.07) is 9.74. The van der Waals surface area contributed by atoms with Gasteiger partial charge in [-0.2, -0.15) is 0 Å². The molecular formula is C20H26N2O4S. The van der Waals surface area contributed by atoms with Gasteiger partial charge in [0.15, 0.2) is 0 Å². The molecule has 2 aromatic carbocycles. The second kappa shape index (κ2) is 8.43. The Morgan fingerprint density at radius 3 is 2.44 bits per heavy atom. The van der Waals surface area contributed by atoms with Gasteiger partial charge < -0.3 is 10.0 Å². The van der Waals surface area contributed by atoms with Crippen LogP contribution in [0.1, 0.15) is 41.3 Å². The number of nitrogens with zero attached hydrogens (tertiary/aromatic N) is 1. The highest BCUT2D eigenvalue weighted by Crippen LogP contribution is 2.26. The molecule has 0 radical (unpaired) electrons. The molecule has 0 spiro atoms. The smallest absolute Gasteiger partial charge is 0.337 e. The molecule has 0 aromatic heterocycles. The number of carboxylic acids is 1. The molecule has 146 valence electrons. The summed E-state index contributed by atoms with van der Waals surface area (Å²) in [6.45, 7) is 6.48. The highest BCUT2D eigenvalue weighted by Gasteiger charge is 2.21. The molecule has 0 aliphatic rings. The van der Waals surface area contributed by atoms with Crippen molar-refractivity contribution in [1.29, 1.82) is 0 Å². The van der Waals surface area contributed by atoms with Crippen molar-refractivity contribution in [3.8, 4) is 0 Å². The van der Waals surface area contributed by atoms with Crippen LogP contribution < -0.4 is 9.62 Å². The van der Waals surface area contributed by atoms with E-state index in [1.54, 1.807) is 25.1 Å². The molecule has 6 nitrogen and oxygen atoms in total. The summed E-state index contributed by atoms with van der Waals surface area (Å²) < 4.78 is 27.9. The maximum Gasteiger partial charge on any atom is 0.337 e. The van der Waals surface area contributed by atoms with Gasteiger partial charge in [-0.3, -0.25) is 4.72 Å². The van der Waals surface area contributed by atoms with Crippen molar-refractivity contribution in [3.05, 3.63) is 53.1 Å². The summed E-state index contributed by atoms with van der Waals surface area (Å²) in [7, 11) is -2.01. The van der Waals surface area contributed by atoms with Gasteiger partial charge in [-0.25, -0.2) is 13.2 Å². The van der Waals surface area contributed by atoms with Crippen LogP contribution >= 0.6 is 0 Å². The zero-order valence-electron chi connectivity index (χ0n) is 16.1. The van der Waals surface area contributed by atoms with Crippen molar-refractivity contribution in [2.45, 2.75) is 38.5 Å². The highest BCUT2D eigenvalue weighted by atomic mass is 32.2. The van der Waals surface area contributed by atoms with Crippen LogP contribution in [0.2, 0.25) is 0 Å². The lowest BCUT2D eigenvalue weighted by atomic mass is 10.1. The number of hydrogen-bond acceptors (Lipinski definition) is 4. The van der Waals surface area contributed by atoms with Crippen molar-refractivity contribution < 1.29 is 18.3 Å². The van der Waals surface area contributed by atoms with Gasteiger partial charge in [0.25, 0.3) is 10.0 Å². The first-order valence-electron chi connectivity index (χ1n) is 8.84. The van der Waals surface area contributed by atoms with Gasteiger partial charge in [0.1, 0.15) is 0 Å². The van der Waals surface area contributed by atoms with E-state index < -0.39 is 16.0 Å². The molecule has 0 aliphatic carbocycles. The summed E-state index contributed by atoms with van der Waals surface area (Å²) in [5.74, 6) is -1.18. The lowest BCUT2D eigenvalue weighted by Gasteiger charge is -2.20. The summed E-state index contributed by atoms with van der Waals surface area (Å²) in [4.78, 5) is 13.8. The van der Waals surface area contributed by atoms with E-state index in [0.29, 0.717) is 5.56 Å². The molecular weight excluding hydrogens is 364 g/mol. The SMILES string of the molecule is CCCCN(C)c1ccc(NS(=O)(=O)c2ccc(C)cc2C)c(C(=O)O)c1. The van der Waals surface area contributed by atoms with Crippen molar-refractivity contribution in [2.24, 2.45) is 0 Å². The van der Waals surface area contributed by atoms with Crippen molar-refractivity contribution >= 4 is 27.4 Å². The van der Waals surface area contributed by atoms with E-state index in [2.05, 4.69) is 11.6 Å². The summed E-state index contributed by atoms with van der Waals surface area (Å²) >= 11 is 0. The second-order valence-electron chi connectivity index (χ2n) is 6.68. The average Bonchev–Trinajstić information content (AvgIpc) is 2.59. The topological polar surface area (TPSA) is 86.7 Å². The summed E-state index contributed by atoms with van der Waals surface area (Å²) in [5, 5.41) is 9.55. The number of sulfonamides is 1. The first-order valence-corrected chi connectivity index (χ1v) is 10.3. The number of anilines is 2. The van der Waals surface area contributed by atoms with Crippen LogP contribution in [0.5, 0.6) is 0 Å². The molecule has 2 aromatic rings. The van der Waals surface area contributed by atoms with Gasteiger partial charge in [0.2, 0.25) is 0 Å². The van der Waals surface area contributed by atoms with Crippen molar-refractivity contribution in [2.75, 3.05) is 23.2 Å². The first kappa shape index (κ1) is 20.8. The predicted molar refractivity (Wildman–Crippen MR) is 108 cm³/mol. The second-order valence-corrected chi connectivity index (χ2v) is 8.34. The number of rotatable bonds is 8. The normalized spacial score (nSPS) is 11.3. The molecule has 0 amide bonds. The van der Waals surface area contributed by atoms with Gasteiger partial charge >= 0.3 is 5.97 Å². The van der Waals surface area contributed by atoms with Crippen LogP contribution in [0, 0.1) is 13.8 Å². The number of nitrogens with one attached hydrogen (secondary N) is 1. The van der Waals surface area contributed by atoms with E-state index in [0.717, 1.165) is 30.6 Å². The Hall–Kier alpha value is -2.54. The van der Waals surface area contributed by atoms with Crippen LogP contribution in [-0.4, -0.2) is 33.1 Å². The number of unbranched alkanes of at least 4 members (excludes halogenated alkanes) is 1. The molecule has 0 unspecified atom stereocenters. The molecule has 0 aliphatic heterocycles. The molecule has 0 bridgehead atoms. The number of aryl methyl sites for hydroxylation is 2.